The summed E-state index contributed by atoms with van der Waals surface area (Å²) >= 11 is 0. The lowest BCUT2D eigenvalue weighted by Crippen LogP contribution is -2.16. The lowest BCUT2D eigenvalue weighted by molar-refractivity contribution is 0.357. The van der Waals surface area contributed by atoms with Crippen LogP contribution >= 0.6 is 0 Å². The number of nitrogens with zero attached hydrogens (tertiary/aromatic N) is 2. The Bertz CT molecular complexity index is 872. The fraction of sp³-hybridized carbons (Fsp3) is 0.235. The molecule has 2 aromatic rings. The fourth-order valence-electron chi connectivity index (χ4n) is 2.52. The van der Waals surface area contributed by atoms with Crippen molar-refractivity contribution >= 4 is 11.6 Å². The SMILES string of the molecule is C/C(=C/c1ccc2c(c1)CCO2)c1nc(C)c(C#N)c(=O)[nH]1. The molecule has 0 saturated heterocycles. The van der Waals surface area contributed by atoms with Gasteiger partial charge in [0.05, 0.1) is 12.3 Å². The summed E-state index contributed by atoms with van der Waals surface area (Å²) in [5.41, 5.74) is 3.16. The number of aromatic nitrogens is 2. The average molecular weight is 293 g/mol. The second kappa shape index (κ2) is 5.49. The van der Waals surface area contributed by atoms with Crippen LogP contribution in [0.25, 0.3) is 11.6 Å². The Morgan fingerprint density at radius 3 is 3.05 bits per heavy atom. The minimum Gasteiger partial charge on any atom is -0.493 e. The van der Waals surface area contributed by atoms with Gasteiger partial charge in [-0.15, -0.1) is 0 Å². The van der Waals surface area contributed by atoms with Crippen LogP contribution in [-0.2, 0) is 6.42 Å². The van der Waals surface area contributed by atoms with Gasteiger partial charge in [0.15, 0.2) is 0 Å². The number of H-pyrrole nitrogens is 1. The molecule has 1 aliphatic rings. The number of nitrogens with one attached hydrogen (secondary N) is 1. The number of allylic oxidation sites excluding steroid dienone is 1. The van der Waals surface area contributed by atoms with E-state index >= 15 is 0 Å². The highest BCUT2D eigenvalue weighted by atomic mass is 16.5. The van der Waals surface area contributed by atoms with Crippen molar-refractivity contribution in [2.75, 3.05) is 6.61 Å². The number of rotatable bonds is 2. The molecule has 5 heteroatoms. The van der Waals surface area contributed by atoms with Crippen LogP contribution in [0.2, 0.25) is 0 Å². The first-order valence-corrected chi connectivity index (χ1v) is 7.04. The second-order valence-electron chi connectivity index (χ2n) is 5.28. The Balaban J connectivity index is 1.99. The molecule has 1 aromatic carbocycles. The number of nitriles is 1. The molecule has 1 aromatic heterocycles. The summed E-state index contributed by atoms with van der Waals surface area (Å²) in [5, 5.41) is 8.92. The second-order valence-corrected chi connectivity index (χ2v) is 5.28. The van der Waals surface area contributed by atoms with E-state index in [-0.39, 0.29) is 5.56 Å². The predicted octanol–water partition coefficient (Wildman–Crippen LogP) is 2.45. The molecular weight excluding hydrogens is 278 g/mol. The van der Waals surface area contributed by atoms with Gasteiger partial charge in [0, 0.05) is 6.42 Å². The van der Waals surface area contributed by atoms with Crippen LogP contribution in [0.3, 0.4) is 0 Å². The summed E-state index contributed by atoms with van der Waals surface area (Å²) in [6.45, 7) is 4.27. The molecule has 110 valence electrons. The van der Waals surface area contributed by atoms with Crippen molar-refractivity contribution in [2.45, 2.75) is 20.3 Å². The van der Waals surface area contributed by atoms with Crippen molar-refractivity contribution in [3.63, 3.8) is 0 Å². The highest BCUT2D eigenvalue weighted by Gasteiger charge is 2.12. The molecule has 5 nitrogen and oxygen atoms in total. The molecule has 0 amide bonds. The van der Waals surface area contributed by atoms with Gasteiger partial charge in [-0.1, -0.05) is 6.07 Å². The number of aromatic amines is 1. The van der Waals surface area contributed by atoms with E-state index in [1.807, 2.05) is 31.2 Å². The maximum Gasteiger partial charge on any atom is 0.269 e. The zero-order valence-corrected chi connectivity index (χ0v) is 12.4. The number of hydrogen-bond acceptors (Lipinski definition) is 4. The first-order valence-electron chi connectivity index (χ1n) is 7.04. The van der Waals surface area contributed by atoms with Gasteiger partial charge in [0.25, 0.3) is 5.56 Å². The minimum atomic E-state index is -0.403. The average Bonchev–Trinajstić information content (AvgIpc) is 2.94. The van der Waals surface area contributed by atoms with Gasteiger partial charge in [-0.25, -0.2) is 4.98 Å². The van der Waals surface area contributed by atoms with E-state index in [2.05, 4.69) is 16.0 Å². The fourth-order valence-corrected chi connectivity index (χ4v) is 2.52. The molecule has 0 bridgehead atoms. The summed E-state index contributed by atoms with van der Waals surface area (Å²) in [5.74, 6) is 1.42. The molecule has 0 atom stereocenters. The molecule has 0 spiro atoms. The maximum absolute atomic E-state index is 11.8. The molecule has 0 saturated carbocycles. The predicted molar refractivity (Wildman–Crippen MR) is 83.5 cm³/mol. The summed E-state index contributed by atoms with van der Waals surface area (Å²) in [4.78, 5) is 18.8. The number of aryl methyl sites for hydroxylation is 1. The Morgan fingerprint density at radius 2 is 2.32 bits per heavy atom. The summed E-state index contributed by atoms with van der Waals surface area (Å²) in [6, 6.07) is 7.89. The Hall–Kier alpha value is -2.87. The van der Waals surface area contributed by atoms with Crippen LogP contribution in [0.4, 0.5) is 0 Å². The summed E-state index contributed by atoms with van der Waals surface area (Å²) in [6.07, 6.45) is 2.88. The largest absolute Gasteiger partial charge is 0.493 e. The van der Waals surface area contributed by atoms with Gasteiger partial charge in [-0.2, -0.15) is 5.26 Å². The highest BCUT2D eigenvalue weighted by Crippen LogP contribution is 2.27. The van der Waals surface area contributed by atoms with E-state index in [0.717, 1.165) is 29.9 Å². The standard InChI is InChI=1S/C17H15N3O2/c1-10(16-19-11(2)14(9-18)17(21)20-16)7-12-3-4-15-13(8-12)5-6-22-15/h3-4,7-8H,5-6H2,1-2H3,(H,19,20,21)/b10-7-. The van der Waals surface area contributed by atoms with Crippen molar-refractivity contribution in [2.24, 2.45) is 0 Å². The van der Waals surface area contributed by atoms with E-state index in [1.54, 1.807) is 6.92 Å². The van der Waals surface area contributed by atoms with E-state index in [9.17, 15) is 4.79 Å². The molecule has 0 unspecified atom stereocenters. The smallest absolute Gasteiger partial charge is 0.269 e. The zero-order chi connectivity index (χ0) is 15.7. The third kappa shape index (κ3) is 2.51. The Kier molecular flexibility index (Phi) is 3.51. The molecule has 0 aliphatic carbocycles. The third-order valence-corrected chi connectivity index (χ3v) is 3.68. The van der Waals surface area contributed by atoms with E-state index in [0.29, 0.717) is 11.5 Å². The van der Waals surface area contributed by atoms with Crippen LogP contribution in [0.5, 0.6) is 5.75 Å². The molecule has 22 heavy (non-hydrogen) atoms. The Morgan fingerprint density at radius 1 is 1.50 bits per heavy atom. The van der Waals surface area contributed by atoms with Crippen molar-refractivity contribution in [1.82, 2.24) is 9.97 Å². The monoisotopic (exact) mass is 293 g/mol. The van der Waals surface area contributed by atoms with Crippen LogP contribution in [0.15, 0.2) is 23.0 Å². The van der Waals surface area contributed by atoms with Gasteiger partial charge < -0.3 is 9.72 Å². The van der Waals surface area contributed by atoms with Gasteiger partial charge in [-0.3, -0.25) is 4.79 Å². The maximum atomic E-state index is 11.8. The minimum absolute atomic E-state index is 0.0613. The molecule has 2 heterocycles. The van der Waals surface area contributed by atoms with Crippen molar-refractivity contribution in [3.8, 4) is 11.8 Å². The van der Waals surface area contributed by atoms with Gasteiger partial charge in [0.1, 0.15) is 23.2 Å². The quantitative estimate of drug-likeness (QED) is 0.922. The van der Waals surface area contributed by atoms with E-state index in [1.165, 1.54) is 5.56 Å². The Labute approximate surface area is 127 Å². The number of fused-ring (bicyclic) bond motifs is 1. The first-order chi connectivity index (χ1) is 10.6. The lowest BCUT2D eigenvalue weighted by Gasteiger charge is -2.05. The molecule has 1 aliphatic heterocycles. The molecular formula is C17H15N3O2. The van der Waals surface area contributed by atoms with Gasteiger partial charge in [-0.05, 0) is 48.8 Å². The third-order valence-electron chi connectivity index (χ3n) is 3.68. The van der Waals surface area contributed by atoms with Crippen molar-refractivity contribution < 1.29 is 4.74 Å². The topological polar surface area (TPSA) is 78.8 Å². The number of hydrogen-bond donors (Lipinski definition) is 1. The van der Waals surface area contributed by atoms with Crippen LogP contribution < -0.4 is 10.3 Å². The number of benzene rings is 1. The van der Waals surface area contributed by atoms with Crippen LogP contribution in [0, 0.1) is 18.3 Å². The van der Waals surface area contributed by atoms with Crippen molar-refractivity contribution in [1.29, 1.82) is 5.26 Å². The van der Waals surface area contributed by atoms with E-state index < -0.39 is 5.56 Å². The van der Waals surface area contributed by atoms with Gasteiger partial charge >= 0.3 is 0 Å². The highest BCUT2D eigenvalue weighted by molar-refractivity contribution is 5.77. The normalized spacial score (nSPS) is 13.4. The van der Waals surface area contributed by atoms with Crippen LogP contribution in [-0.4, -0.2) is 16.6 Å². The van der Waals surface area contributed by atoms with Crippen molar-refractivity contribution in [3.05, 3.63) is 56.8 Å². The lowest BCUT2D eigenvalue weighted by atomic mass is 10.1. The van der Waals surface area contributed by atoms with Crippen LogP contribution in [0.1, 0.15) is 35.1 Å². The molecule has 0 fully saturated rings. The molecule has 0 radical (unpaired) electrons. The number of ether oxygens (including phenoxy) is 1. The summed E-state index contributed by atoms with van der Waals surface area (Å²) in [7, 11) is 0. The zero-order valence-electron chi connectivity index (χ0n) is 12.4. The first kappa shape index (κ1) is 14.1. The van der Waals surface area contributed by atoms with Gasteiger partial charge in [0.2, 0.25) is 0 Å². The van der Waals surface area contributed by atoms with E-state index in [4.69, 9.17) is 10.00 Å². The molecule has 1 N–H and O–H groups in total. The molecule has 3 rings (SSSR count). The summed E-state index contributed by atoms with van der Waals surface area (Å²) < 4.78 is 5.49.